The van der Waals surface area contributed by atoms with E-state index in [2.05, 4.69) is 38.2 Å². The van der Waals surface area contributed by atoms with Crippen LogP contribution in [0.3, 0.4) is 0 Å². The van der Waals surface area contributed by atoms with Crippen LogP contribution in [0.1, 0.15) is 26.3 Å². The number of nitrogens with one attached hydrogen (secondary N) is 1. The summed E-state index contributed by atoms with van der Waals surface area (Å²) in [6, 6.07) is 8.11. The van der Waals surface area contributed by atoms with E-state index in [1.807, 2.05) is 12.1 Å². The molecule has 0 aromatic heterocycles. The second-order valence-electron chi connectivity index (χ2n) is 4.95. The third-order valence-electron chi connectivity index (χ3n) is 2.57. The Morgan fingerprint density at radius 3 is 2.44 bits per heavy atom. The molecule has 0 fully saturated rings. The summed E-state index contributed by atoms with van der Waals surface area (Å²) in [6.45, 7) is 8.87. The van der Waals surface area contributed by atoms with Gasteiger partial charge in [-0.15, -0.1) is 0 Å². The van der Waals surface area contributed by atoms with Gasteiger partial charge in [0, 0.05) is 5.02 Å². The molecule has 2 heteroatoms. The number of halogens is 1. The number of hydrogen-bond donors (Lipinski definition) is 1. The molecule has 1 unspecified atom stereocenters. The fraction of sp³-hybridized carbons (Fsp3) is 0.571. The van der Waals surface area contributed by atoms with Crippen LogP contribution in [0.2, 0.25) is 5.02 Å². The first-order valence-corrected chi connectivity index (χ1v) is 6.41. The molecule has 0 aliphatic heterocycles. The Balaban J connectivity index is 2.34. The van der Waals surface area contributed by atoms with Crippen LogP contribution in [0.5, 0.6) is 0 Å². The Hall–Kier alpha value is -0.530. The van der Waals surface area contributed by atoms with Gasteiger partial charge < -0.3 is 5.32 Å². The highest BCUT2D eigenvalue weighted by molar-refractivity contribution is 6.31. The molecule has 0 amide bonds. The van der Waals surface area contributed by atoms with Crippen molar-refractivity contribution in [1.82, 2.24) is 5.32 Å². The predicted octanol–water partition coefficient (Wildman–Crippen LogP) is 3.76. The van der Waals surface area contributed by atoms with Gasteiger partial charge in [-0.2, -0.15) is 0 Å². The van der Waals surface area contributed by atoms with Gasteiger partial charge in [-0.25, -0.2) is 0 Å². The van der Waals surface area contributed by atoms with Crippen molar-refractivity contribution < 1.29 is 0 Å². The minimum absolute atomic E-state index is 0.624. The lowest BCUT2D eigenvalue weighted by molar-refractivity contribution is 0.473. The minimum atomic E-state index is 0.624. The number of rotatable bonds is 6. The van der Waals surface area contributed by atoms with Crippen molar-refractivity contribution >= 4 is 11.6 Å². The molecular weight excluding hydrogens is 218 g/mol. The van der Waals surface area contributed by atoms with E-state index in [4.69, 9.17) is 11.6 Å². The Labute approximate surface area is 104 Å². The fourth-order valence-electron chi connectivity index (χ4n) is 1.73. The molecule has 0 heterocycles. The van der Waals surface area contributed by atoms with Gasteiger partial charge in [0.1, 0.15) is 0 Å². The standard InChI is InChI=1S/C14H22ClN/c1-11(2)9-16-10-12(3)8-13-6-4-5-7-14(13)15/h4-7,11-12,16H,8-10H2,1-3H3. The Morgan fingerprint density at radius 1 is 1.12 bits per heavy atom. The minimum Gasteiger partial charge on any atom is -0.316 e. The van der Waals surface area contributed by atoms with Gasteiger partial charge in [-0.3, -0.25) is 0 Å². The Morgan fingerprint density at radius 2 is 1.81 bits per heavy atom. The van der Waals surface area contributed by atoms with E-state index in [0.29, 0.717) is 11.8 Å². The second kappa shape index (κ2) is 6.93. The van der Waals surface area contributed by atoms with Crippen molar-refractivity contribution in [1.29, 1.82) is 0 Å². The third-order valence-corrected chi connectivity index (χ3v) is 2.94. The summed E-state index contributed by atoms with van der Waals surface area (Å²) in [7, 11) is 0. The predicted molar refractivity (Wildman–Crippen MR) is 72.0 cm³/mol. The first-order chi connectivity index (χ1) is 7.59. The fourth-order valence-corrected chi connectivity index (χ4v) is 1.94. The van der Waals surface area contributed by atoms with Crippen LogP contribution in [-0.2, 0) is 6.42 Å². The van der Waals surface area contributed by atoms with Crippen molar-refractivity contribution in [2.24, 2.45) is 11.8 Å². The zero-order valence-corrected chi connectivity index (χ0v) is 11.2. The number of benzene rings is 1. The van der Waals surface area contributed by atoms with Gasteiger partial charge in [0.15, 0.2) is 0 Å². The van der Waals surface area contributed by atoms with Crippen molar-refractivity contribution in [2.75, 3.05) is 13.1 Å². The molecule has 1 aromatic carbocycles. The molecule has 0 saturated heterocycles. The van der Waals surface area contributed by atoms with Crippen molar-refractivity contribution in [3.63, 3.8) is 0 Å². The molecule has 1 atom stereocenters. The van der Waals surface area contributed by atoms with Crippen LogP contribution in [0.15, 0.2) is 24.3 Å². The van der Waals surface area contributed by atoms with Crippen molar-refractivity contribution in [3.8, 4) is 0 Å². The molecular formula is C14H22ClN. The highest BCUT2D eigenvalue weighted by Gasteiger charge is 2.06. The molecule has 90 valence electrons. The van der Waals surface area contributed by atoms with E-state index in [1.54, 1.807) is 0 Å². The molecule has 0 spiro atoms. The summed E-state index contributed by atoms with van der Waals surface area (Å²) in [5.74, 6) is 1.34. The summed E-state index contributed by atoms with van der Waals surface area (Å²) in [4.78, 5) is 0. The summed E-state index contributed by atoms with van der Waals surface area (Å²) in [6.07, 6.45) is 1.05. The molecule has 1 N–H and O–H groups in total. The van der Waals surface area contributed by atoms with Gasteiger partial charge in [0.2, 0.25) is 0 Å². The Bertz CT molecular complexity index is 309. The smallest absolute Gasteiger partial charge is 0.0438 e. The average molecular weight is 240 g/mol. The van der Waals surface area contributed by atoms with Crippen molar-refractivity contribution in [2.45, 2.75) is 27.2 Å². The zero-order valence-electron chi connectivity index (χ0n) is 10.5. The largest absolute Gasteiger partial charge is 0.316 e. The van der Waals surface area contributed by atoms with E-state index in [0.717, 1.165) is 24.5 Å². The maximum Gasteiger partial charge on any atom is 0.0438 e. The molecule has 0 saturated carbocycles. The van der Waals surface area contributed by atoms with Gasteiger partial charge in [0.25, 0.3) is 0 Å². The lowest BCUT2D eigenvalue weighted by atomic mass is 10.0. The van der Waals surface area contributed by atoms with E-state index >= 15 is 0 Å². The summed E-state index contributed by atoms with van der Waals surface area (Å²) >= 11 is 6.13. The van der Waals surface area contributed by atoms with E-state index in [-0.39, 0.29) is 0 Å². The van der Waals surface area contributed by atoms with Crippen LogP contribution in [0.4, 0.5) is 0 Å². The maximum atomic E-state index is 6.13. The monoisotopic (exact) mass is 239 g/mol. The zero-order chi connectivity index (χ0) is 12.0. The summed E-state index contributed by atoms with van der Waals surface area (Å²) in [5, 5.41) is 4.37. The van der Waals surface area contributed by atoms with Gasteiger partial charge in [-0.1, -0.05) is 50.6 Å². The van der Waals surface area contributed by atoms with E-state index < -0.39 is 0 Å². The van der Waals surface area contributed by atoms with Crippen molar-refractivity contribution in [3.05, 3.63) is 34.9 Å². The molecule has 16 heavy (non-hydrogen) atoms. The first kappa shape index (κ1) is 13.5. The van der Waals surface area contributed by atoms with Gasteiger partial charge in [0.05, 0.1) is 0 Å². The van der Waals surface area contributed by atoms with Gasteiger partial charge in [-0.05, 0) is 43.0 Å². The lowest BCUT2D eigenvalue weighted by Gasteiger charge is -2.14. The van der Waals surface area contributed by atoms with E-state index in [9.17, 15) is 0 Å². The summed E-state index contributed by atoms with van der Waals surface area (Å²) < 4.78 is 0. The first-order valence-electron chi connectivity index (χ1n) is 6.03. The molecule has 0 aliphatic carbocycles. The molecule has 1 nitrogen and oxygen atoms in total. The summed E-state index contributed by atoms with van der Waals surface area (Å²) in [5.41, 5.74) is 1.25. The Kier molecular flexibility index (Phi) is 5.86. The van der Waals surface area contributed by atoms with Crippen LogP contribution in [0, 0.1) is 11.8 Å². The highest BCUT2D eigenvalue weighted by Crippen LogP contribution is 2.18. The molecule has 0 bridgehead atoms. The molecule has 0 radical (unpaired) electrons. The average Bonchev–Trinajstić information content (AvgIpc) is 2.21. The second-order valence-corrected chi connectivity index (χ2v) is 5.36. The van der Waals surface area contributed by atoms with Crippen LogP contribution >= 0.6 is 11.6 Å². The molecule has 1 rings (SSSR count). The number of hydrogen-bond acceptors (Lipinski definition) is 1. The maximum absolute atomic E-state index is 6.13. The topological polar surface area (TPSA) is 12.0 Å². The quantitative estimate of drug-likeness (QED) is 0.797. The highest BCUT2D eigenvalue weighted by atomic mass is 35.5. The van der Waals surface area contributed by atoms with E-state index in [1.165, 1.54) is 5.56 Å². The molecule has 1 aromatic rings. The SMILES string of the molecule is CC(C)CNCC(C)Cc1ccccc1Cl. The third kappa shape index (κ3) is 5.00. The van der Waals surface area contributed by atoms with Crippen LogP contribution in [-0.4, -0.2) is 13.1 Å². The lowest BCUT2D eigenvalue weighted by Crippen LogP contribution is -2.26. The molecule has 0 aliphatic rings. The normalized spacial score (nSPS) is 13.1. The van der Waals surface area contributed by atoms with Crippen LogP contribution < -0.4 is 5.32 Å². The van der Waals surface area contributed by atoms with Crippen LogP contribution in [0.25, 0.3) is 0 Å². The van der Waals surface area contributed by atoms with Gasteiger partial charge >= 0.3 is 0 Å².